The average Bonchev–Trinajstić information content (AvgIpc) is 2.60. The molecule has 5 heteroatoms. The molecule has 0 saturated carbocycles. The Hall–Kier alpha value is -2.69. The number of ether oxygens (including phenoxy) is 2. The maximum Gasteiger partial charge on any atom is 0.341 e. The number of carbonyl (C=O) groups excluding carboxylic acids is 2. The van der Waals surface area contributed by atoms with Crippen LogP contribution in [0, 0.1) is 5.82 Å². The van der Waals surface area contributed by atoms with Gasteiger partial charge < -0.3 is 9.47 Å². The maximum atomic E-state index is 14.0. The molecule has 2 aromatic carbocycles. The van der Waals surface area contributed by atoms with E-state index in [-0.39, 0.29) is 16.8 Å². The van der Waals surface area contributed by atoms with Crippen LogP contribution in [0.25, 0.3) is 0 Å². The van der Waals surface area contributed by atoms with Crippen molar-refractivity contribution in [3.8, 4) is 5.75 Å². The molecule has 2 aromatic rings. The summed E-state index contributed by atoms with van der Waals surface area (Å²) in [5.41, 5.74) is 1.27. The van der Waals surface area contributed by atoms with Crippen LogP contribution >= 0.6 is 0 Å². The van der Waals surface area contributed by atoms with Crippen LogP contribution in [0.5, 0.6) is 5.75 Å². The van der Waals surface area contributed by atoms with Crippen LogP contribution in [0.3, 0.4) is 0 Å². The normalized spacial score (nSPS) is 12.4. The Balaban J connectivity index is 2.10. The van der Waals surface area contributed by atoms with E-state index < -0.39 is 17.9 Å². The number of methoxy groups -OCH3 is 1. The summed E-state index contributed by atoms with van der Waals surface area (Å²) in [6.45, 7) is 7.71. The molecule has 0 fully saturated rings. The Bertz CT molecular complexity index is 804. The molecule has 0 unspecified atom stereocenters. The zero-order valence-electron chi connectivity index (χ0n) is 15.6. The number of ketones is 1. The predicted octanol–water partition coefficient (Wildman–Crippen LogP) is 4.56. The smallest absolute Gasteiger partial charge is 0.341 e. The van der Waals surface area contributed by atoms with Gasteiger partial charge >= 0.3 is 5.97 Å². The van der Waals surface area contributed by atoms with Crippen LogP contribution in [-0.2, 0) is 10.2 Å². The minimum absolute atomic E-state index is 0.0223. The number of esters is 1. The van der Waals surface area contributed by atoms with Gasteiger partial charge in [-0.2, -0.15) is 0 Å². The van der Waals surface area contributed by atoms with Crippen molar-refractivity contribution in [3.63, 3.8) is 0 Å². The molecule has 138 valence electrons. The van der Waals surface area contributed by atoms with Gasteiger partial charge in [0, 0.05) is 11.6 Å². The van der Waals surface area contributed by atoms with Crippen LogP contribution in [0.15, 0.2) is 42.5 Å². The molecule has 4 nitrogen and oxygen atoms in total. The van der Waals surface area contributed by atoms with E-state index in [4.69, 9.17) is 9.47 Å². The van der Waals surface area contributed by atoms with E-state index in [0.717, 1.165) is 11.6 Å². The van der Waals surface area contributed by atoms with E-state index >= 15 is 0 Å². The van der Waals surface area contributed by atoms with Gasteiger partial charge in [-0.05, 0) is 30.0 Å². The van der Waals surface area contributed by atoms with Crippen LogP contribution < -0.4 is 4.74 Å². The van der Waals surface area contributed by atoms with Gasteiger partial charge in [0.2, 0.25) is 5.78 Å². The number of hydrogen-bond donors (Lipinski definition) is 0. The lowest BCUT2D eigenvalue weighted by Crippen LogP contribution is -2.25. The fourth-order valence-corrected chi connectivity index (χ4v) is 2.44. The molecule has 0 aliphatic heterocycles. The van der Waals surface area contributed by atoms with Gasteiger partial charge in [-0.3, -0.25) is 4.79 Å². The monoisotopic (exact) mass is 358 g/mol. The quantitative estimate of drug-likeness (QED) is 0.581. The second-order valence-corrected chi connectivity index (χ2v) is 7.08. The Labute approximate surface area is 152 Å². The number of hydrogen-bond acceptors (Lipinski definition) is 4. The highest BCUT2D eigenvalue weighted by molar-refractivity contribution is 6.01. The lowest BCUT2D eigenvalue weighted by Gasteiger charge is -2.19. The van der Waals surface area contributed by atoms with Gasteiger partial charge in [0.15, 0.2) is 6.10 Å². The van der Waals surface area contributed by atoms with E-state index in [9.17, 15) is 14.0 Å². The highest BCUT2D eigenvalue weighted by Crippen LogP contribution is 2.23. The number of rotatable bonds is 5. The standard InChI is InChI=1S/C21H23FO4/c1-13(19(23)14-6-8-15(9-7-14)21(2,3)4)26-20(24)17-11-10-16(25-5)12-18(17)22/h6-13H,1-5H3/t13-/m1/s1. The van der Waals surface area contributed by atoms with Gasteiger partial charge in [-0.1, -0.05) is 45.0 Å². The Kier molecular flexibility index (Phi) is 5.80. The van der Waals surface area contributed by atoms with Crippen molar-refractivity contribution in [2.45, 2.75) is 39.2 Å². The van der Waals surface area contributed by atoms with E-state index in [1.165, 1.54) is 26.2 Å². The third-order valence-electron chi connectivity index (χ3n) is 4.08. The van der Waals surface area contributed by atoms with Crippen molar-refractivity contribution in [1.29, 1.82) is 0 Å². The SMILES string of the molecule is COc1ccc(C(=O)O[C@H](C)C(=O)c2ccc(C(C)(C)C)cc2)c(F)c1. The van der Waals surface area contributed by atoms with Crippen molar-refractivity contribution < 1.29 is 23.5 Å². The maximum absolute atomic E-state index is 14.0. The molecular weight excluding hydrogens is 335 g/mol. The van der Waals surface area contributed by atoms with Gasteiger partial charge in [0.1, 0.15) is 11.6 Å². The van der Waals surface area contributed by atoms with Crippen LogP contribution in [0.2, 0.25) is 0 Å². The lowest BCUT2D eigenvalue weighted by atomic mass is 9.86. The lowest BCUT2D eigenvalue weighted by molar-refractivity contribution is 0.0314. The van der Waals surface area contributed by atoms with Gasteiger partial charge in [0.25, 0.3) is 0 Å². The van der Waals surface area contributed by atoms with Crippen molar-refractivity contribution in [2.24, 2.45) is 0 Å². The Morgan fingerprint density at radius 1 is 1.04 bits per heavy atom. The molecule has 0 amide bonds. The summed E-state index contributed by atoms with van der Waals surface area (Å²) >= 11 is 0. The van der Waals surface area contributed by atoms with E-state index in [0.29, 0.717) is 11.3 Å². The van der Waals surface area contributed by atoms with Crippen molar-refractivity contribution >= 4 is 11.8 Å². The number of carbonyl (C=O) groups is 2. The molecule has 0 heterocycles. The fraction of sp³-hybridized carbons (Fsp3) is 0.333. The summed E-state index contributed by atoms with van der Waals surface area (Å²) in [6, 6.07) is 11.0. The first kappa shape index (κ1) is 19.6. The van der Waals surface area contributed by atoms with Crippen molar-refractivity contribution in [2.75, 3.05) is 7.11 Å². The zero-order chi connectivity index (χ0) is 19.5. The van der Waals surface area contributed by atoms with Gasteiger partial charge in [-0.15, -0.1) is 0 Å². The first-order valence-corrected chi connectivity index (χ1v) is 8.32. The van der Waals surface area contributed by atoms with Crippen LogP contribution in [-0.4, -0.2) is 25.0 Å². The van der Waals surface area contributed by atoms with Gasteiger partial charge in [-0.25, -0.2) is 9.18 Å². The number of halogens is 1. The van der Waals surface area contributed by atoms with Crippen molar-refractivity contribution in [3.05, 3.63) is 65.0 Å². The van der Waals surface area contributed by atoms with E-state index in [2.05, 4.69) is 20.8 Å². The second-order valence-electron chi connectivity index (χ2n) is 7.08. The van der Waals surface area contributed by atoms with Gasteiger partial charge in [0.05, 0.1) is 12.7 Å². The molecule has 0 aromatic heterocycles. The summed E-state index contributed by atoms with van der Waals surface area (Å²) in [5, 5.41) is 0. The third-order valence-corrected chi connectivity index (χ3v) is 4.08. The van der Waals surface area contributed by atoms with Crippen LogP contribution in [0.4, 0.5) is 4.39 Å². The summed E-state index contributed by atoms with van der Waals surface area (Å²) in [4.78, 5) is 24.6. The zero-order valence-corrected chi connectivity index (χ0v) is 15.6. The molecule has 26 heavy (non-hydrogen) atoms. The Morgan fingerprint density at radius 3 is 2.15 bits per heavy atom. The van der Waals surface area contributed by atoms with Crippen molar-refractivity contribution in [1.82, 2.24) is 0 Å². The van der Waals surface area contributed by atoms with E-state index in [1.54, 1.807) is 12.1 Å². The fourth-order valence-electron chi connectivity index (χ4n) is 2.44. The Morgan fingerprint density at radius 2 is 1.65 bits per heavy atom. The molecule has 0 bridgehead atoms. The molecule has 0 aliphatic rings. The van der Waals surface area contributed by atoms with Crippen LogP contribution in [0.1, 0.15) is 54.0 Å². The largest absolute Gasteiger partial charge is 0.497 e. The first-order valence-electron chi connectivity index (χ1n) is 8.32. The summed E-state index contributed by atoms with van der Waals surface area (Å²) in [5.74, 6) is -1.70. The third kappa shape index (κ3) is 4.48. The summed E-state index contributed by atoms with van der Waals surface area (Å²) in [6.07, 6.45) is -1.02. The molecule has 0 aliphatic carbocycles. The number of Topliss-reactive ketones (excluding diaryl/α,β-unsaturated/α-hetero) is 1. The molecule has 0 spiro atoms. The molecule has 0 radical (unpaired) electrons. The topological polar surface area (TPSA) is 52.6 Å². The molecule has 0 N–H and O–H groups in total. The first-order chi connectivity index (χ1) is 12.1. The van der Waals surface area contributed by atoms with E-state index in [1.807, 2.05) is 12.1 Å². The number of benzene rings is 2. The average molecular weight is 358 g/mol. The summed E-state index contributed by atoms with van der Waals surface area (Å²) < 4.78 is 24.0. The molecular formula is C21H23FO4. The minimum atomic E-state index is -1.02. The second kappa shape index (κ2) is 7.68. The minimum Gasteiger partial charge on any atom is -0.497 e. The molecule has 0 saturated heterocycles. The highest BCUT2D eigenvalue weighted by atomic mass is 19.1. The molecule has 1 atom stereocenters. The summed E-state index contributed by atoms with van der Waals surface area (Å²) in [7, 11) is 1.40. The molecule has 2 rings (SSSR count). The predicted molar refractivity (Wildman–Crippen MR) is 97.3 cm³/mol. The highest BCUT2D eigenvalue weighted by Gasteiger charge is 2.23.